The van der Waals surface area contributed by atoms with Gasteiger partial charge in [-0.05, 0) is 5.56 Å². The van der Waals surface area contributed by atoms with Crippen LogP contribution in [0.5, 0.6) is 5.75 Å². The van der Waals surface area contributed by atoms with Crippen LogP contribution in [0.15, 0.2) is 35.1 Å². The van der Waals surface area contributed by atoms with Gasteiger partial charge in [-0.25, -0.2) is 9.48 Å². The minimum absolute atomic E-state index is 0.203. The first-order valence-corrected chi connectivity index (χ1v) is 5.28. The van der Waals surface area contributed by atoms with Crippen molar-refractivity contribution in [3.63, 3.8) is 0 Å². The first kappa shape index (κ1) is 12.0. The summed E-state index contributed by atoms with van der Waals surface area (Å²) >= 11 is 0. The lowest BCUT2D eigenvalue weighted by molar-refractivity contribution is 0.0679. The smallest absolute Gasteiger partial charge is 0.358 e. The molecule has 0 spiro atoms. The van der Waals surface area contributed by atoms with E-state index in [-0.39, 0.29) is 6.54 Å². The Morgan fingerprint density at radius 2 is 1.89 bits per heavy atom. The Hall–Kier alpha value is -2.50. The minimum atomic E-state index is -1.33. The predicted molar refractivity (Wildman–Crippen MR) is 63.8 cm³/mol. The summed E-state index contributed by atoms with van der Waals surface area (Å²) in [5.74, 6) is -2.07. The number of benzene rings is 1. The van der Waals surface area contributed by atoms with Gasteiger partial charge in [-0.1, -0.05) is 30.3 Å². The zero-order valence-corrected chi connectivity index (χ0v) is 9.70. The van der Waals surface area contributed by atoms with Gasteiger partial charge in [-0.15, -0.1) is 0 Å². The highest BCUT2D eigenvalue weighted by molar-refractivity contribution is 5.88. The maximum atomic E-state index is 11.5. The fraction of sp³-hybridized carbons (Fsp3) is 0.167. The molecule has 0 radical (unpaired) electrons. The number of hydrogen-bond acceptors (Lipinski definition) is 3. The van der Waals surface area contributed by atoms with Gasteiger partial charge in [0.25, 0.3) is 0 Å². The van der Waals surface area contributed by atoms with Crippen molar-refractivity contribution in [2.45, 2.75) is 6.54 Å². The van der Waals surface area contributed by atoms with Crippen molar-refractivity contribution in [3.8, 4) is 5.75 Å². The molecule has 2 rings (SSSR count). The number of carboxylic acid groups (broad SMARTS) is 1. The molecule has 6 heteroatoms. The van der Waals surface area contributed by atoms with Crippen molar-refractivity contribution < 1.29 is 15.0 Å². The third-order valence-electron chi connectivity index (χ3n) is 2.72. The Morgan fingerprint density at radius 1 is 1.28 bits per heavy atom. The highest BCUT2D eigenvalue weighted by Crippen LogP contribution is 2.14. The second kappa shape index (κ2) is 4.40. The van der Waals surface area contributed by atoms with Gasteiger partial charge in [-0.3, -0.25) is 9.48 Å². The van der Waals surface area contributed by atoms with Gasteiger partial charge in [-0.2, -0.15) is 0 Å². The molecule has 0 saturated carbocycles. The largest absolute Gasteiger partial charge is 0.501 e. The molecule has 0 aliphatic carbocycles. The van der Waals surface area contributed by atoms with Crippen molar-refractivity contribution >= 4 is 5.97 Å². The SMILES string of the molecule is Cn1c(=O)c(O)c(C(=O)O)n1Cc1ccccc1. The Morgan fingerprint density at radius 3 is 2.44 bits per heavy atom. The average molecular weight is 248 g/mol. The van der Waals surface area contributed by atoms with Crippen LogP contribution in [0.2, 0.25) is 0 Å². The quantitative estimate of drug-likeness (QED) is 0.834. The number of carboxylic acids is 1. The lowest BCUT2D eigenvalue weighted by atomic mass is 10.2. The van der Waals surface area contributed by atoms with E-state index in [1.807, 2.05) is 30.3 Å². The molecule has 0 aliphatic rings. The number of rotatable bonds is 3. The second-order valence-corrected chi connectivity index (χ2v) is 3.87. The monoisotopic (exact) mass is 248 g/mol. The highest BCUT2D eigenvalue weighted by Gasteiger charge is 2.23. The maximum absolute atomic E-state index is 11.5. The van der Waals surface area contributed by atoms with Gasteiger partial charge in [0.2, 0.25) is 5.75 Å². The summed E-state index contributed by atoms with van der Waals surface area (Å²) in [5, 5.41) is 18.5. The van der Waals surface area contributed by atoms with Gasteiger partial charge in [0.15, 0.2) is 5.69 Å². The molecule has 0 bridgehead atoms. The summed E-state index contributed by atoms with van der Waals surface area (Å²) in [7, 11) is 1.41. The van der Waals surface area contributed by atoms with Crippen LogP contribution < -0.4 is 5.56 Å². The van der Waals surface area contributed by atoms with Crippen LogP contribution in [-0.2, 0) is 13.6 Å². The Balaban J connectivity index is 2.54. The van der Waals surface area contributed by atoms with E-state index in [9.17, 15) is 14.7 Å². The number of aromatic carboxylic acids is 1. The van der Waals surface area contributed by atoms with E-state index in [0.717, 1.165) is 10.2 Å². The molecule has 1 aromatic carbocycles. The van der Waals surface area contributed by atoms with E-state index in [2.05, 4.69) is 0 Å². The summed E-state index contributed by atoms with van der Waals surface area (Å²) < 4.78 is 2.32. The lowest BCUT2D eigenvalue weighted by Crippen LogP contribution is -2.21. The predicted octanol–water partition coefficient (Wildman–Crippen LogP) is 0.639. The molecule has 0 atom stereocenters. The van der Waals surface area contributed by atoms with Crippen LogP contribution in [-0.4, -0.2) is 25.5 Å². The molecule has 1 heterocycles. The van der Waals surface area contributed by atoms with Crippen molar-refractivity contribution in [2.75, 3.05) is 0 Å². The normalized spacial score (nSPS) is 10.5. The minimum Gasteiger partial charge on any atom is -0.501 e. The number of carbonyl (C=O) groups is 1. The second-order valence-electron chi connectivity index (χ2n) is 3.87. The molecule has 2 N–H and O–H groups in total. The third-order valence-corrected chi connectivity index (χ3v) is 2.72. The summed E-state index contributed by atoms with van der Waals surface area (Å²) in [6.45, 7) is 0.203. The molecule has 18 heavy (non-hydrogen) atoms. The molecular weight excluding hydrogens is 236 g/mol. The zero-order valence-electron chi connectivity index (χ0n) is 9.70. The Labute approximate surface area is 102 Å². The topological polar surface area (TPSA) is 84.5 Å². The van der Waals surface area contributed by atoms with Crippen LogP contribution in [0.3, 0.4) is 0 Å². The molecule has 2 aromatic rings. The van der Waals surface area contributed by atoms with Crippen LogP contribution in [0, 0.1) is 0 Å². The fourth-order valence-corrected chi connectivity index (χ4v) is 1.79. The molecule has 94 valence electrons. The van der Waals surface area contributed by atoms with Crippen LogP contribution in [0.25, 0.3) is 0 Å². The number of aromatic hydroxyl groups is 1. The summed E-state index contributed by atoms with van der Waals surface area (Å²) in [4.78, 5) is 22.6. The third kappa shape index (κ3) is 1.88. The van der Waals surface area contributed by atoms with Crippen LogP contribution >= 0.6 is 0 Å². The lowest BCUT2D eigenvalue weighted by Gasteiger charge is -2.09. The number of aromatic nitrogens is 2. The first-order chi connectivity index (χ1) is 8.52. The van der Waals surface area contributed by atoms with Gasteiger partial charge in [0.05, 0.1) is 6.54 Å². The molecule has 0 saturated heterocycles. The van der Waals surface area contributed by atoms with E-state index < -0.39 is 23.0 Å². The molecule has 0 aliphatic heterocycles. The van der Waals surface area contributed by atoms with E-state index in [4.69, 9.17) is 5.11 Å². The highest BCUT2D eigenvalue weighted by atomic mass is 16.4. The van der Waals surface area contributed by atoms with Crippen molar-refractivity contribution in [1.29, 1.82) is 0 Å². The zero-order chi connectivity index (χ0) is 13.3. The summed E-state index contributed by atoms with van der Waals surface area (Å²) in [5.41, 5.74) is -0.278. The molecule has 0 amide bonds. The molecule has 0 unspecified atom stereocenters. The Kier molecular flexibility index (Phi) is 2.93. The van der Waals surface area contributed by atoms with Crippen molar-refractivity contribution in [3.05, 3.63) is 51.9 Å². The van der Waals surface area contributed by atoms with Crippen molar-refractivity contribution in [1.82, 2.24) is 9.36 Å². The van der Waals surface area contributed by atoms with E-state index in [1.54, 1.807) is 0 Å². The van der Waals surface area contributed by atoms with Gasteiger partial charge in [0.1, 0.15) is 0 Å². The van der Waals surface area contributed by atoms with E-state index in [1.165, 1.54) is 11.7 Å². The molecular formula is C12H12N2O4. The van der Waals surface area contributed by atoms with Crippen LogP contribution in [0.1, 0.15) is 16.1 Å². The van der Waals surface area contributed by atoms with Gasteiger partial charge >= 0.3 is 11.5 Å². The van der Waals surface area contributed by atoms with Gasteiger partial charge < -0.3 is 10.2 Å². The first-order valence-electron chi connectivity index (χ1n) is 5.28. The molecule has 6 nitrogen and oxygen atoms in total. The van der Waals surface area contributed by atoms with E-state index in [0.29, 0.717) is 0 Å². The maximum Gasteiger partial charge on any atom is 0.358 e. The fourth-order valence-electron chi connectivity index (χ4n) is 1.79. The van der Waals surface area contributed by atoms with E-state index >= 15 is 0 Å². The molecule has 0 fully saturated rings. The number of hydrogen-bond donors (Lipinski definition) is 2. The number of nitrogens with zero attached hydrogens (tertiary/aromatic N) is 2. The summed E-state index contributed by atoms with van der Waals surface area (Å²) in [6.07, 6.45) is 0. The standard InChI is InChI=1S/C12H12N2O4/c1-13-11(16)10(15)9(12(17)18)14(13)7-8-5-3-2-4-6-8/h2-6,15H,7H2,1H3,(H,17,18). The summed E-state index contributed by atoms with van der Waals surface area (Å²) in [6, 6.07) is 9.10. The van der Waals surface area contributed by atoms with Crippen molar-refractivity contribution in [2.24, 2.45) is 7.05 Å². The molecule has 1 aromatic heterocycles. The Bertz CT molecular complexity index is 640. The van der Waals surface area contributed by atoms with Crippen LogP contribution in [0.4, 0.5) is 0 Å². The average Bonchev–Trinajstić information content (AvgIpc) is 2.56. The van der Waals surface area contributed by atoms with Gasteiger partial charge in [0, 0.05) is 7.05 Å².